The Morgan fingerprint density at radius 2 is 1.79 bits per heavy atom. The molecule has 19 heavy (non-hydrogen) atoms. The molecule has 1 aromatic rings. The molecule has 0 radical (unpaired) electrons. The molecular weight excluding hydrogens is 259 g/mol. The van der Waals surface area contributed by atoms with E-state index >= 15 is 0 Å². The fraction of sp³-hybridized carbons (Fsp3) is 0.538. The molecule has 0 amide bonds. The van der Waals surface area contributed by atoms with Crippen molar-refractivity contribution >= 4 is 0 Å². The van der Waals surface area contributed by atoms with Crippen molar-refractivity contribution in [3.63, 3.8) is 0 Å². The topological polar surface area (TPSA) is 41.5 Å². The van der Waals surface area contributed by atoms with Gasteiger partial charge in [0.1, 0.15) is 12.4 Å². The van der Waals surface area contributed by atoms with Crippen LogP contribution in [0, 0.1) is 0 Å². The van der Waals surface area contributed by atoms with Gasteiger partial charge >= 0.3 is 6.18 Å². The smallest absolute Gasteiger partial charge is 0.417 e. The Kier molecular flexibility index (Phi) is 5.62. The first-order chi connectivity index (χ1) is 8.79. The standard InChI is InChI=1S/C13H18F3NO2/c1-9(2)17-7-10-3-5-11(6-4-10)19-8-12(18)13(14,15)16/h3-6,9,12,17-18H,7-8H2,1-2H3. The molecule has 0 bridgehead atoms. The molecule has 0 aliphatic heterocycles. The Hall–Kier alpha value is -1.27. The molecular formula is C13H18F3NO2. The number of aliphatic hydroxyl groups is 1. The normalized spacial score (nSPS) is 13.6. The molecule has 0 heterocycles. The molecule has 1 aromatic carbocycles. The first-order valence-electron chi connectivity index (χ1n) is 5.99. The molecule has 0 aliphatic rings. The van der Waals surface area contributed by atoms with Crippen molar-refractivity contribution in [1.29, 1.82) is 0 Å². The summed E-state index contributed by atoms with van der Waals surface area (Å²) in [5, 5.41) is 12.0. The minimum atomic E-state index is -4.65. The van der Waals surface area contributed by atoms with Crippen molar-refractivity contribution in [2.75, 3.05) is 6.61 Å². The summed E-state index contributed by atoms with van der Waals surface area (Å²) >= 11 is 0. The zero-order valence-electron chi connectivity index (χ0n) is 10.9. The number of ether oxygens (including phenoxy) is 1. The third-order valence-electron chi connectivity index (χ3n) is 2.42. The number of rotatable bonds is 6. The number of nitrogens with one attached hydrogen (secondary N) is 1. The van der Waals surface area contributed by atoms with Crippen molar-refractivity contribution in [3.05, 3.63) is 29.8 Å². The SMILES string of the molecule is CC(C)NCc1ccc(OCC(O)C(F)(F)F)cc1. The number of aliphatic hydroxyl groups excluding tert-OH is 1. The Morgan fingerprint density at radius 1 is 1.21 bits per heavy atom. The van der Waals surface area contributed by atoms with Crippen LogP contribution in [0.1, 0.15) is 19.4 Å². The van der Waals surface area contributed by atoms with Crippen LogP contribution in [0.25, 0.3) is 0 Å². The van der Waals surface area contributed by atoms with Crippen LogP contribution in [0.2, 0.25) is 0 Å². The highest BCUT2D eigenvalue weighted by Crippen LogP contribution is 2.21. The molecule has 0 spiro atoms. The second-order valence-electron chi connectivity index (χ2n) is 4.55. The Labute approximate surface area is 110 Å². The van der Waals surface area contributed by atoms with Gasteiger partial charge in [0.15, 0.2) is 6.10 Å². The van der Waals surface area contributed by atoms with Crippen molar-refractivity contribution in [1.82, 2.24) is 5.32 Å². The average Bonchev–Trinajstić information content (AvgIpc) is 2.33. The van der Waals surface area contributed by atoms with Crippen LogP contribution in [0.3, 0.4) is 0 Å². The van der Waals surface area contributed by atoms with Crippen LogP contribution in [0.15, 0.2) is 24.3 Å². The maximum absolute atomic E-state index is 12.1. The van der Waals surface area contributed by atoms with Gasteiger partial charge in [-0.05, 0) is 17.7 Å². The van der Waals surface area contributed by atoms with Gasteiger partial charge in [-0.25, -0.2) is 0 Å². The second-order valence-corrected chi connectivity index (χ2v) is 4.55. The quantitative estimate of drug-likeness (QED) is 0.839. The third kappa shape index (κ3) is 5.94. The van der Waals surface area contributed by atoms with Crippen LogP contribution < -0.4 is 10.1 Å². The second kappa shape index (κ2) is 6.77. The highest BCUT2D eigenvalue weighted by molar-refractivity contribution is 5.27. The first-order valence-corrected chi connectivity index (χ1v) is 5.99. The van der Waals surface area contributed by atoms with Crippen molar-refractivity contribution in [3.8, 4) is 5.75 Å². The van der Waals surface area contributed by atoms with Crippen molar-refractivity contribution in [2.45, 2.75) is 38.7 Å². The van der Waals surface area contributed by atoms with Gasteiger partial charge in [-0.1, -0.05) is 26.0 Å². The molecule has 2 N–H and O–H groups in total. The maximum atomic E-state index is 12.1. The summed E-state index contributed by atoms with van der Waals surface area (Å²) in [6.45, 7) is 3.93. The van der Waals surface area contributed by atoms with Crippen molar-refractivity contribution in [2.24, 2.45) is 0 Å². The van der Waals surface area contributed by atoms with Gasteiger partial charge in [0, 0.05) is 12.6 Å². The molecule has 1 rings (SSSR count). The van der Waals surface area contributed by atoms with E-state index in [2.05, 4.69) is 5.32 Å². The van der Waals surface area contributed by atoms with E-state index in [0.717, 1.165) is 5.56 Å². The first kappa shape index (κ1) is 15.8. The average molecular weight is 277 g/mol. The highest BCUT2D eigenvalue weighted by Gasteiger charge is 2.38. The predicted molar refractivity (Wildman–Crippen MR) is 66.0 cm³/mol. The molecule has 0 saturated carbocycles. The van der Waals surface area contributed by atoms with E-state index in [4.69, 9.17) is 9.84 Å². The van der Waals surface area contributed by atoms with E-state index in [9.17, 15) is 13.2 Å². The molecule has 3 nitrogen and oxygen atoms in total. The highest BCUT2D eigenvalue weighted by atomic mass is 19.4. The lowest BCUT2D eigenvalue weighted by Gasteiger charge is -2.15. The van der Waals surface area contributed by atoms with Gasteiger partial charge in [0.25, 0.3) is 0 Å². The summed E-state index contributed by atoms with van der Waals surface area (Å²) in [4.78, 5) is 0. The van der Waals surface area contributed by atoms with Crippen LogP contribution in [0.4, 0.5) is 13.2 Å². The number of hydrogen-bond donors (Lipinski definition) is 2. The molecule has 0 aliphatic carbocycles. The monoisotopic (exact) mass is 277 g/mol. The van der Waals surface area contributed by atoms with E-state index < -0.39 is 18.9 Å². The molecule has 108 valence electrons. The predicted octanol–water partition coefficient (Wildman–Crippen LogP) is 2.49. The van der Waals surface area contributed by atoms with E-state index in [-0.39, 0.29) is 0 Å². The van der Waals surface area contributed by atoms with Gasteiger partial charge in [-0.3, -0.25) is 0 Å². The zero-order valence-corrected chi connectivity index (χ0v) is 10.9. The minimum Gasteiger partial charge on any atom is -0.491 e. The molecule has 1 atom stereocenters. The fourth-order valence-corrected chi connectivity index (χ4v) is 1.30. The van der Waals surface area contributed by atoms with E-state index in [1.165, 1.54) is 0 Å². The lowest BCUT2D eigenvalue weighted by atomic mass is 10.2. The van der Waals surface area contributed by atoms with Gasteiger partial charge in [0.05, 0.1) is 0 Å². The third-order valence-corrected chi connectivity index (χ3v) is 2.42. The van der Waals surface area contributed by atoms with E-state index in [1.54, 1.807) is 24.3 Å². The summed E-state index contributed by atoms with van der Waals surface area (Å²) in [7, 11) is 0. The largest absolute Gasteiger partial charge is 0.491 e. The fourth-order valence-electron chi connectivity index (χ4n) is 1.30. The number of benzene rings is 1. The number of alkyl halides is 3. The Bertz CT molecular complexity index is 376. The molecule has 1 unspecified atom stereocenters. The van der Waals surface area contributed by atoms with Crippen LogP contribution in [0.5, 0.6) is 5.75 Å². The summed E-state index contributed by atoms with van der Waals surface area (Å²) in [6.07, 6.45) is -7.11. The van der Waals surface area contributed by atoms with Gasteiger partial charge in [0.2, 0.25) is 0 Å². The molecule has 0 aromatic heterocycles. The zero-order chi connectivity index (χ0) is 14.5. The van der Waals surface area contributed by atoms with Gasteiger partial charge in [-0.2, -0.15) is 13.2 Å². The Balaban J connectivity index is 2.44. The number of hydrogen-bond acceptors (Lipinski definition) is 3. The van der Waals surface area contributed by atoms with Crippen molar-refractivity contribution < 1.29 is 23.0 Å². The summed E-state index contributed by atoms with van der Waals surface area (Å²) in [5.41, 5.74) is 1.01. The minimum absolute atomic E-state index is 0.302. The molecule has 0 saturated heterocycles. The van der Waals surface area contributed by atoms with E-state index in [1.807, 2.05) is 13.8 Å². The maximum Gasteiger partial charge on any atom is 0.417 e. The summed E-state index contributed by atoms with van der Waals surface area (Å²) < 4.78 is 41.0. The molecule has 6 heteroatoms. The van der Waals surface area contributed by atoms with Gasteiger partial charge in [-0.15, -0.1) is 0 Å². The molecule has 0 fully saturated rings. The number of halogens is 3. The summed E-state index contributed by atoms with van der Waals surface area (Å²) in [6, 6.07) is 7.06. The lowest BCUT2D eigenvalue weighted by molar-refractivity contribution is -0.210. The van der Waals surface area contributed by atoms with Crippen LogP contribution >= 0.6 is 0 Å². The lowest BCUT2D eigenvalue weighted by Crippen LogP contribution is -2.34. The van der Waals surface area contributed by atoms with E-state index in [0.29, 0.717) is 18.3 Å². The summed E-state index contributed by atoms with van der Waals surface area (Å²) in [5.74, 6) is 0.302. The van der Waals surface area contributed by atoms with Crippen LogP contribution in [-0.2, 0) is 6.54 Å². The van der Waals surface area contributed by atoms with Gasteiger partial charge < -0.3 is 15.2 Å². The van der Waals surface area contributed by atoms with Crippen LogP contribution in [-0.4, -0.2) is 30.0 Å². The Morgan fingerprint density at radius 3 is 2.26 bits per heavy atom.